The molecule has 170 valence electrons. The standard InChI is InChI=1S/C20H30N6O3S2/c1-2-16(27)26(15-5-6-15)19-21-22-20(31-19)30-14-18(29)25-11-9-23(10-12-25)13-17(28)24-7-3-4-8-24/h15H,2-14H2,1H3. The molecule has 3 amide bonds. The summed E-state index contributed by atoms with van der Waals surface area (Å²) in [5, 5.41) is 9.01. The number of aromatic nitrogens is 2. The Balaban J connectivity index is 1.20. The molecule has 31 heavy (non-hydrogen) atoms. The van der Waals surface area contributed by atoms with Crippen molar-refractivity contribution in [2.75, 3.05) is 56.5 Å². The predicted octanol–water partition coefficient (Wildman–Crippen LogP) is 1.30. The maximum absolute atomic E-state index is 12.6. The minimum Gasteiger partial charge on any atom is -0.342 e. The van der Waals surface area contributed by atoms with Crippen LogP contribution in [0.4, 0.5) is 5.13 Å². The van der Waals surface area contributed by atoms with Crippen molar-refractivity contribution in [3.8, 4) is 0 Å². The van der Waals surface area contributed by atoms with Gasteiger partial charge < -0.3 is 9.80 Å². The van der Waals surface area contributed by atoms with Crippen molar-refractivity contribution in [3.63, 3.8) is 0 Å². The summed E-state index contributed by atoms with van der Waals surface area (Å²) in [6.45, 7) is 6.83. The molecule has 1 aromatic rings. The highest BCUT2D eigenvalue weighted by Gasteiger charge is 2.35. The molecule has 1 saturated carbocycles. The number of carbonyl (C=O) groups excluding carboxylic acids is 3. The SMILES string of the molecule is CCC(=O)N(c1nnc(SCC(=O)N2CCN(CC(=O)N3CCCC3)CC2)s1)C1CC1. The van der Waals surface area contributed by atoms with Crippen molar-refractivity contribution < 1.29 is 14.4 Å². The van der Waals surface area contributed by atoms with E-state index in [0.29, 0.717) is 41.3 Å². The van der Waals surface area contributed by atoms with E-state index in [1.54, 1.807) is 4.90 Å². The summed E-state index contributed by atoms with van der Waals surface area (Å²) in [6.07, 6.45) is 4.70. The zero-order valence-electron chi connectivity index (χ0n) is 18.0. The molecule has 3 heterocycles. The number of amides is 3. The van der Waals surface area contributed by atoms with Crippen molar-refractivity contribution in [3.05, 3.63) is 0 Å². The number of carbonyl (C=O) groups is 3. The summed E-state index contributed by atoms with van der Waals surface area (Å²) < 4.78 is 0.716. The molecule has 0 aromatic carbocycles. The van der Waals surface area contributed by atoms with Gasteiger partial charge in [0.25, 0.3) is 0 Å². The van der Waals surface area contributed by atoms with Crippen molar-refractivity contribution in [2.24, 2.45) is 0 Å². The zero-order chi connectivity index (χ0) is 21.8. The minimum absolute atomic E-state index is 0.0763. The third-order valence-corrected chi connectivity index (χ3v) is 7.99. The number of anilines is 1. The van der Waals surface area contributed by atoms with Gasteiger partial charge in [0, 0.05) is 51.7 Å². The maximum Gasteiger partial charge on any atom is 0.236 e. The smallest absolute Gasteiger partial charge is 0.236 e. The average molecular weight is 467 g/mol. The fourth-order valence-corrected chi connectivity index (χ4v) is 5.79. The van der Waals surface area contributed by atoms with Crippen LogP contribution in [0.2, 0.25) is 0 Å². The Labute approximate surface area is 191 Å². The van der Waals surface area contributed by atoms with Crippen LogP contribution in [-0.4, -0.2) is 100 Å². The molecular weight excluding hydrogens is 436 g/mol. The lowest BCUT2D eigenvalue weighted by molar-refractivity contribution is -0.133. The summed E-state index contributed by atoms with van der Waals surface area (Å²) in [4.78, 5) is 44.9. The Morgan fingerprint density at radius 3 is 2.32 bits per heavy atom. The normalized spacial score (nSPS) is 19.6. The Morgan fingerprint density at radius 2 is 1.68 bits per heavy atom. The average Bonchev–Trinajstić information content (AvgIpc) is 3.26. The summed E-state index contributed by atoms with van der Waals surface area (Å²) in [6, 6.07) is 0.258. The highest BCUT2D eigenvalue weighted by molar-refractivity contribution is 8.01. The topological polar surface area (TPSA) is 90.0 Å². The lowest BCUT2D eigenvalue weighted by Crippen LogP contribution is -2.51. The molecule has 2 aliphatic heterocycles. The Bertz CT molecular complexity index is 801. The van der Waals surface area contributed by atoms with Crippen molar-refractivity contribution >= 4 is 46.0 Å². The van der Waals surface area contributed by atoms with Crippen LogP contribution in [0, 0.1) is 0 Å². The first kappa shape index (κ1) is 22.5. The Hall–Kier alpha value is -1.72. The summed E-state index contributed by atoms with van der Waals surface area (Å²) in [5.74, 6) is 0.678. The molecule has 3 aliphatic rings. The monoisotopic (exact) mass is 466 g/mol. The molecule has 11 heteroatoms. The van der Waals surface area contributed by atoms with E-state index < -0.39 is 0 Å². The molecule has 0 spiro atoms. The molecule has 4 rings (SSSR count). The van der Waals surface area contributed by atoms with E-state index in [-0.39, 0.29) is 23.8 Å². The van der Waals surface area contributed by atoms with E-state index in [2.05, 4.69) is 15.1 Å². The largest absolute Gasteiger partial charge is 0.342 e. The molecule has 9 nitrogen and oxygen atoms in total. The van der Waals surface area contributed by atoms with E-state index in [1.165, 1.54) is 23.1 Å². The number of hydrogen-bond acceptors (Lipinski definition) is 8. The summed E-state index contributed by atoms with van der Waals surface area (Å²) in [7, 11) is 0. The molecule has 0 N–H and O–H groups in total. The molecule has 3 fully saturated rings. The van der Waals surface area contributed by atoms with E-state index >= 15 is 0 Å². The second-order valence-electron chi connectivity index (χ2n) is 8.23. The molecule has 0 bridgehead atoms. The highest BCUT2D eigenvalue weighted by atomic mass is 32.2. The fourth-order valence-electron chi connectivity index (χ4n) is 3.96. The first-order chi connectivity index (χ1) is 15.0. The second kappa shape index (κ2) is 10.3. The molecular formula is C20H30N6O3S2. The maximum atomic E-state index is 12.6. The number of nitrogens with zero attached hydrogens (tertiary/aromatic N) is 6. The van der Waals surface area contributed by atoms with Crippen LogP contribution in [-0.2, 0) is 14.4 Å². The highest BCUT2D eigenvalue weighted by Crippen LogP contribution is 2.36. The zero-order valence-corrected chi connectivity index (χ0v) is 19.6. The van der Waals surface area contributed by atoms with Gasteiger partial charge in [-0.05, 0) is 25.7 Å². The van der Waals surface area contributed by atoms with Crippen LogP contribution in [0.1, 0.15) is 39.0 Å². The van der Waals surface area contributed by atoms with Gasteiger partial charge in [-0.25, -0.2) is 0 Å². The van der Waals surface area contributed by atoms with Crippen LogP contribution in [0.5, 0.6) is 0 Å². The van der Waals surface area contributed by atoms with E-state index in [1.807, 2.05) is 16.7 Å². The van der Waals surface area contributed by atoms with Gasteiger partial charge in [0.05, 0.1) is 12.3 Å². The molecule has 0 atom stereocenters. The Kier molecular flexibility index (Phi) is 7.44. The van der Waals surface area contributed by atoms with Crippen LogP contribution in [0.15, 0.2) is 4.34 Å². The summed E-state index contributed by atoms with van der Waals surface area (Å²) >= 11 is 2.77. The summed E-state index contributed by atoms with van der Waals surface area (Å²) in [5.41, 5.74) is 0. The van der Waals surface area contributed by atoms with E-state index in [9.17, 15) is 14.4 Å². The minimum atomic E-state index is 0.0763. The van der Waals surface area contributed by atoms with E-state index in [4.69, 9.17) is 0 Å². The van der Waals surface area contributed by atoms with Crippen LogP contribution in [0.25, 0.3) is 0 Å². The van der Waals surface area contributed by atoms with Gasteiger partial charge in [-0.3, -0.25) is 24.2 Å². The van der Waals surface area contributed by atoms with Crippen LogP contribution >= 0.6 is 23.1 Å². The number of hydrogen-bond donors (Lipinski definition) is 0. The van der Waals surface area contributed by atoms with Gasteiger partial charge in [0.15, 0.2) is 4.34 Å². The third-order valence-electron chi connectivity index (χ3n) is 5.95. The van der Waals surface area contributed by atoms with Crippen molar-refractivity contribution in [2.45, 2.75) is 49.4 Å². The van der Waals surface area contributed by atoms with Crippen LogP contribution in [0.3, 0.4) is 0 Å². The van der Waals surface area contributed by atoms with Gasteiger partial charge >= 0.3 is 0 Å². The number of piperazine rings is 1. The van der Waals surface area contributed by atoms with Crippen molar-refractivity contribution in [1.29, 1.82) is 0 Å². The molecule has 1 aliphatic carbocycles. The molecule has 0 unspecified atom stereocenters. The molecule has 2 saturated heterocycles. The predicted molar refractivity (Wildman–Crippen MR) is 120 cm³/mol. The fraction of sp³-hybridized carbons (Fsp3) is 0.750. The number of rotatable bonds is 8. The second-order valence-corrected chi connectivity index (χ2v) is 10.4. The third kappa shape index (κ3) is 5.75. The lowest BCUT2D eigenvalue weighted by Gasteiger charge is -2.35. The number of likely N-dealkylation sites (tertiary alicyclic amines) is 1. The first-order valence-corrected chi connectivity index (χ1v) is 12.9. The Morgan fingerprint density at radius 1 is 1.00 bits per heavy atom. The van der Waals surface area contributed by atoms with Gasteiger partial charge in [0.2, 0.25) is 22.9 Å². The van der Waals surface area contributed by atoms with Crippen molar-refractivity contribution in [1.82, 2.24) is 24.9 Å². The van der Waals surface area contributed by atoms with Gasteiger partial charge in [-0.2, -0.15) is 0 Å². The molecule has 1 aromatic heterocycles. The van der Waals surface area contributed by atoms with Gasteiger partial charge in [0.1, 0.15) is 0 Å². The first-order valence-electron chi connectivity index (χ1n) is 11.1. The van der Waals surface area contributed by atoms with Crippen LogP contribution < -0.4 is 4.90 Å². The quantitative estimate of drug-likeness (QED) is 0.421. The lowest BCUT2D eigenvalue weighted by atomic mass is 10.3. The number of thioether (sulfide) groups is 1. The van der Waals surface area contributed by atoms with E-state index in [0.717, 1.165) is 51.9 Å². The van der Waals surface area contributed by atoms with Gasteiger partial charge in [-0.15, -0.1) is 10.2 Å². The molecule has 0 radical (unpaired) electrons. The van der Waals surface area contributed by atoms with Gasteiger partial charge in [-0.1, -0.05) is 30.0 Å².